The van der Waals surface area contributed by atoms with E-state index in [9.17, 15) is 13.2 Å². The number of aromatic nitrogens is 8. The minimum absolute atomic E-state index is 0.221. The van der Waals surface area contributed by atoms with Crippen LogP contribution in [0.25, 0.3) is 28.4 Å². The number of methoxy groups -OCH3 is 1. The molecule has 40 heavy (non-hydrogen) atoms. The lowest BCUT2D eigenvalue weighted by molar-refractivity contribution is -0.140. The second-order valence-electron chi connectivity index (χ2n) is 9.57. The van der Waals surface area contributed by atoms with Crippen LogP contribution in [-0.2, 0) is 19.3 Å². The maximum atomic E-state index is 13.3. The number of benzene rings is 1. The fourth-order valence-electron chi connectivity index (χ4n) is 4.82. The van der Waals surface area contributed by atoms with Gasteiger partial charge in [-0.05, 0) is 30.5 Å². The molecule has 4 aromatic heterocycles. The van der Waals surface area contributed by atoms with Gasteiger partial charge in [0.2, 0.25) is 5.88 Å². The molecule has 0 saturated heterocycles. The number of hydrogen-bond donors (Lipinski definition) is 1. The molecule has 14 heteroatoms. The predicted molar refractivity (Wildman–Crippen MR) is 136 cm³/mol. The van der Waals surface area contributed by atoms with Crippen LogP contribution in [0.15, 0.2) is 43.1 Å². The first-order valence-electron chi connectivity index (χ1n) is 12.6. The molecule has 0 amide bonds. The maximum absolute atomic E-state index is 13.3. The van der Waals surface area contributed by atoms with Gasteiger partial charge < -0.3 is 19.4 Å². The molecule has 11 nitrogen and oxygen atoms in total. The molecule has 0 radical (unpaired) electrons. The number of imidazole rings is 2. The number of rotatable bonds is 6. The Kier molecular flexibility index (Phi) is 5.57. The van der Waals surface area contributed by atoms with Gasteiger partial charge in [-0.2, -0.15) is 13.2 Å². The minimum atomic E-state index is -4.52. The van der Waals surface area contributed by atoms with Crippen LogP contribution in [0.3, 0.4) is 0 Å². The van der Waals surface area contributed by atoms with Crippen molar-refractivity contribution in [3.05, 3.63) is 60.1 Å². The zero-order valence-corrected chi connectivity index (χ0v) is 21.2. The summed E-state index contributed by atoms with van der Waals surface area (Å²) < 4.78 is 54.3. The smallest absolute Gasteiger partial charge is 0.434 e. The molecule has 7 rings (SSSR count). The fourth-order valence-corrected chi connectivity index (χ4v) is 4.82. The van der Waals surface area contributed by atoms with Crippen LogP contribution >= 0.6 is 0 Å². The molecule has 0 atom stereocenters. The van der Waals surface area contributed by atoms with Crippen molar-refractivity contribution in [2.45, 2.75) is 38.0 Å². The summed E-state index contributed by atoms with van der Waals surface area (Å²) >= 11 is 0. The molecule has 204 valence electrons. The van der Waals surface area contributed by atoms with Gasteiger partial charge in [0, 0.05) is 31.1 Å². The second kappa shape index (κ2) is 9.17. The molecular formula is C26H22F3N9O2. The van der Waals surface area contributed by atoms with E-state index < -0.39 is 11.9 Å². The summed E-state index contributed by atoms with van der Waals surface area (Å²) in [5.41, 5.74) is 2.44. The average Bonchev–Trinajstić information content (AvgIpc) is 3.57. The van der Waals surface area contributed by atoms with Crippen LogP contribution < -0.4 is 14.8 Å². The molecule has 1 N–H and O–H groups in total. The zero-order chi connectivity index (χ0) is 27.4. The van der Waals surface area contributed by atoms with E-state index in [4.69, 9.17) is 14.5 Å². The Morgan fingerprint density at radius 2 is 2.02 bits per heavy atom. The first kappa shape index (κ1) is 24.3. The molecule has 2 aliphatic rings. The third-order valence-corrected chi connectivity index (χ3v) is 6.88. The second-order valence-corrected chi connectivity index (χ2v) is 9.57. The third-order valence-electron chi connectivity index (χ3n) is 6.88. The highest BCUT2D eigenvalue weighted by atomic mass is 19.4. The number of nitrogens with zero attached hydrogens (tertiary/aromatic N) is 8. The van der Waals surface area contributed by atoms with Gasteiger partial charge >= 0.3 is 6.18 Å². The van der Waals surface area contributed by atoms with Gasteiger partial charge in [-0.1, -0.05) is 6.07 Å². The SMILES string of the molecule is COc1ncnc(C2CC2)c1-c1nc(NCc2ccc3c(c2)OCCn2cc(C(F)(F)F)nc2-3)c2nccn2n1. The van der Waals surface area contributed by atoms with Gasteiger partial charge in [0.05, 0.1) is 24.9 Å². The lowest BCUT2D eigenvalue weighted by Crippen LogP contribution is -2.09. The van der Waals surface area contributed by atoms with Gasteiger partial charge in [0.25, 0.3) is 0 Å². The van der Waals surface area contributed by atoms with E-state index in [0.29, 0.717) is 52.5 Å². The molecule has 1 saturated carbocycles. The summed E-state index contributed by atoms with van der Waals surface area (Å²) in [6.07, 6.45) is 3.41. The number of ether oxygens (including phenoxy) is 2. The van der Waals surface area contributed by atoms with Gasteiger partial charge in [0.15, 0.2) is 23.0 Å². The van der Waals surface area contributed by atoms with E-state index in [2.05, 4.69) is 30.4 Å². The van der Waals surface area contributed by atoms with Crippen LogP contribution in [-0.4, -0.2) is 52.8 Å². The summed E-state index contributed by atoms with van der Waals surface area (Å²) in [6, 6.07) is 5.34. The van der Waals surface area contributed by atoms with Gasteiger partial charge in [-0.25, -0.2) is 29.4 Å². The summed E-state index contributed by atoms with van der Waals surface area (Å²) in [5.74, 6) is 2.30. The summed E-state index contributed by atoms with van der Waals surface area (Å²) in [5, 5.41) is 7.97. The van der Waals surface area contributed by atoms with E-state index in [-0.39, 0.29) is 19.0 Å². The molecular weight excluding hydrogens is 527 g/mol. The molecule has 1 aromatic carbocycles. The number of halogens is 3. The van der Waals surface area contributed by atoms with E-state index in [0.717, 1.165) is 30.3 Å². The lowest BCUT2D eigenvalue weighted by atomic mass is 10.1. The van der Waals surface area contributed by atoms with Crippen molar-refractivity contribution in [1.29, 1.82) is 0 Å². The molecule has 5 heterocycles. The van der Waals surface area contributed by atoms with Gasteiger partial charge in [-0.3, -0.25) is 0 Å². The molecule has 1 aliphatic carbocycles. The van der Waals surface area contributed by atoms with Crippen molar-refractivity contribution < 1.29 is 22.6 Å². The minimum Gasteiger partial charge on any atom is -0.491 e. The first-order valence-corrected chi connectivity index (χ1v) is 12.6. The number of alkyl halides is 3. The highest BCUT2D eigenvalue weighted by Gasteiger charge is 2.36. The van der Waals surface area contributed by atoms with E-state index in [1.165, 1.54) is 10.9 Å². The van der Waals surface area contributed by atoms with Crippen LogP contribution in [0.4, 0.5) is 19.0 Å². The van der Waals surface area contributed by atoms with Crippen LogP contribution in [0.1, 0.15) is 35.7 Å². The number of nitrogens with one attached hydrogen (secondary N) is 1. The molecule has 1 fully saturated rings. The Balaban J connectivity index is 1.21. The third kappa shape index (κ3) is 4.25. The zero-order valence-electron chi connectivity index (χ0n) is 21.2. The van der Waals surface area contributed by atoms with Crippen LogP contribution in [0.5, 0.6) is 11.6 Å². The van der Waals surface area contributed by atoms with Crippen molar-refractivity contribution in [2.24, 2.45) is 0 Å². The van der Waals surface area contributed by atoms with Crippen molar-refractivity contribution >= 4 is 11.5 Å². The maximum Gasteiger partial charge on any atom is 0.434 e. The fraction of sp³-hybridized carbons (Fsp3) is 0.308. The average molecular weight is 550 g/mol. The highest BCUT2D eigenvalue weighted by Crippen LogP contribution is 2.45. The Labute approximate surface area is 225 Å². The summed E-state index contributed by atoms with van der Waals surface area (Å²) in [4.78, 5) is 21.8. The molecule has 0 unspecified atom stereocenters. The number of hydrogen-bond acceptors (Lipinski definition) is 9. The molecule has 0 spiro atoms. The monoisotopic (exact) mass is 549 g/mol. The molecule has 1 aliphatic heterocycles. The standard InChI is InChI=1S/C26H22F3N9O2/c1-39-25-19(20(15-3-4-15)32-13-33-25)21-35-22(24-30-6-7-38(24)36-21)31-11-14-2-5-16-17(10-14)40-9-8-37-12-18(26(27,28)29)34-23(16)37/h2,5-7,10,12-13,15H,3-4,8-9,11H2,1H3,(H,31,35,36). The first-order chi connectivity index (χ1) is 19.4. The van der Waals surface area contributed by atoms with Crippen molar-refractivity contribution in [3.8, 4) is 34.4 Å². The molecule has 5 aromatic rings. The quantitative estimate of drug-likeness (QED) is 0.330. The highest BCUT2D eigenvalue weighted by molar-refractivity contribution is 5.71. The Morgan fingerprint density at radius 3 is 2.83 bits per heavy atom. The summed E-state index contributed by atoms with van der Waals surface area (Å²) in [7, 11) is 1.55. The number of anilines is 1. The predicted octanol–water partition coefficient (Wildman–Crippen LogP) is 4.35. The number of fused-ring (bicyclic) bond motifs is 4. The Bertz CT molecular complexity index is 1740. The van der Waals surface area contributed by atoms with E-state index in [1.54, 1.807) is 36.2 Å². The lowest BCUT2D eigenvalue weighted by Gasteiger charge is -2.13. The van der Waals surface area contributed by atoms with Crippen molar-refractivity contribution in [2.75, 3.05) is 19.0 Å². The Morgan fingerprint density at radius 1 is 1.15 bits per heavy atom. The van der Waals surface area contributed by atoms with E-state index in [1.807, 2.05) is 6.07 Å². The van der Waals surface area contributed by atoms with Crippen LogP contribution in [0, 0.1) is 0 Å². The van der Waals surface area contributed by atoms with Crippen molar-refractivity contribution in [1.82, 2.24) is 39.1 Å². The summed E-state index contributed by atoms with van der Waals surface area (Å²) in [6.45, 7) is 0.826. The van der Waals surface area contributed by atoms with Crippen molar-refractivity contribution in [3.63, 3.8) is 0 Å². The largest absolute Gasteiger partial charge is 0.491 e. The van der Waals surface area contributed by atoms with Gasteiger partial charge in [0.1, 0.15) is 30.1 Å². The van der Waals surface area contributed by atoms with Gasteiger partial charge in [-0.15, -0.1) is 5.10 Å². The topological polar surface area (TPSA) is 117 Å². The van der Waals surface area contributed by atoms with Crippen LogP contribution in [0.2, 0.25) is 0 Å². The van der Waals surface area contributed by atoms with E-state index >= 15 is 0 Å². The normalized spacial score (nSPS) is 14.8. The Hall–Kier alpha value is -4.75. The molecule has 0 bridgehead atoms.